The number of nitrogen functional groups attached to an aromatic ring is 2. The second-order valence-corrected chi connectivity index (χ2v) is 7.67. The Morgan fingerprint density at radius 3 is 2.27 bits per heavy atom. The highest BCUT2D eigenvalue weighted by molar-refractivity contribution is 5.63. The van der Waals surface area contributed by atoms with E-state index in [0.29, 0.717) is 0 Å². The number of hydrogen-bond acceptors (Lipinski definition) is 2. The first-order chi connectivity index (χ1) is 10.2. The Balaban J connectivity index is 2.32. The van der Waals surface area contributed by atoms with E-state index in [-0.39, 0.29) is 10.8 Å². The first kappa shape index (κ1) is 15.0. The van der Waals surface area contributed by atoms with Gasteiger partial charge in [0.2, 0.25) is 0 Å². The predicted octanol–water partition coefficient (Wildman–Crippen LogP) is 4.46. The van der Waals surface area contributed by atoms with Crippen LogP contribution in [0.25, 0.3) is 0 Å². The summed E-state index contributed by atoms with van der Waals surface area (Å²) < 4.78 is 0. The van der Waals surface area contributed by atoms with Crippen molar-refractivity contribution < 1.29 is 0 Å². The Kier molecular flexibility index (Phi) is 3.07. The summed E-state index contributed by atoms with van der Waals surface area (Å²) in [5.74, 6) is 0. The molecule has 0 aromatic heterocycles. The van der Waals surface area contributed by atoms with Gasteiger partial charge in [-0.05, 0) is 71.7 Å². The molecule has 2 aromatic carbocycles. The fourth-order valence-electron chi connectivity index (χ4n) is 4.61. The molecule has 2 heteroatoms. The molecule has 0 saturated heterocycles. The Hall–Kier alpha value is -1.96. The van der Waals surface area contributed by atoms with Gasteiger partial charge in [0.05, 0.1) is 0 Å². The summed E-state index contributed by atoms with van der Waals surface area (Å²) in [5, 5.41) is 0. The lowest BCUT2D eigenvalue weighted by atomic mass is 9.71. The fraction of sp³-hybridized carbons (Fsp3) is 0.400. The largest absolute Gasteiger partial charge is 0.399 e. The molecule has 0 amide bonds. The fourth-order valence-corrected chi connectivity index (χ4v) is 4.61. The number of aryl methyl sites for hydroxylation is 1. The third kappa shape index (κ3) is 1.93. The zero-order valence-corrected chi connectivity index (χ0v) is 14.2. The van der Waals surface area contributed by atoms with E-state index in [9.17, 15) is 0 Å². The van der Waals surface area contributed by atoms with E-state index in [0.717, 1.165) is 17.8 Å². The van der Waals surface area contributed by atoms with Crippen molar-refractivity contribution in [2.24, 2.45) is 0 Å². The summed E-state index contributed by atoms with van der Waals surface area (Å²) in [5.41, 5.74) is 20.7. The van der Waals surface area contributed by atoms with Gasteiger partial charge in [0.1, 0.15) is 0 Å². The number of rotatable bonds is 1. The Morgan fingerprint density at radius 2 is 1.59 bits per heavy atom. The van der Waals surface area contributed by atoms with Gasteiger partial charge in [-0.25, -0.2) is 0 Å². The minimum absolute atomic E-state index is 0.0178. The number of anilines is 2. The Bertz CT molecular complexity index is 759. The van der Waals surface area contributed by atoms with E-state index in [4.69, 9.17) is 11.5 Å². The second kappa shape index (κ2) is 4.52. The highest BCUT2D eigenvalue weighted by Crippen LogP contribution is 2.54. The van der Waals surface area contributed by atoms with Gasteiger partial charge in [0.25, 0.3) is 0 Å². The van der Waals surface area contributed by atoms with Crippen molar-refractivity contribution in [2.75, 3.05) is 11.5 Å². The number of fused-ring (bicyclic) bond motifs is 1. The van der Waals surface area contributed by atoms with Crippen LogP contribution in [0.3, 0.4) is 0 Å². The van der Waals surface area contributed by atoms with Gasteiger partial charge < -0.3 is 11.5 Å². The molecule has 0 aliphatic heterocycles. The zero-order chi connectivity index (χ0) is 16.3. The van der Waals surface area contributed by atoms with Gasteiger partial charge in [0, 0.05) is 16.8 Å². The summed E-state index contributed by atoms with van der Waals surface area (Å²) in [6, 6.07) is 10.5. The van der Waals surface area contributed by atoms with Crippen molar-refractivity contribution in [1.29, 1.82) is 0 Å². The summed E-state index contributed by atoms with van der Waals surface area (Å²) in [4.78, 5) is 0. The number of hydrogen-bond donors (Lipinski definition) is 2. The van der Waals surface area contributed by atoms with Crippen LogP contribution in [0.5, 0.6) is 0 Å². The van der Waals surface area contributed by atoms with Crippen molar-refractivity contribution in [3.8, 4) is 0 Å². The van der Waals surface area contributed by atoms with Crippen LogP contribution in [-0.4, -0.2) is 0 Å². The van der Waals surface area contributed by atoms with Crippen molar-refractivity contribution in [2.45, 2.75) is 51.9 Å². The molecule has 3 rings (SSSR count). The van der Waals surface area contributed by atoms with Crippen LogP contribution in [0.15, 0.2) is 30.3 Å². The SMILES string of the molecule is Cc1ccc(N)c(C)c1C1(C)CC(C)(C)c2cc(N)ccc21. The van der Waals surface area contributed by atoms with Gasteiger partial charge in [-0.1, -0.05) is 32.9 Å². The molecule has 0 radical (unpaired) electrons. The van der Waals surface area contributed by atoms with Crippen LogP contribution >= 0.6 is 0 Å². The van der Waals surface area contributed by atoms with Crippen molar-refractivity contribution in [3.63, 3.8) is 0 Å². The molecule has 116 valence electrons. The molecule has 1 aliphatic carbocycles. The smallest absolute Gasteiger partial charge is 0.0347 e. The maximum absolute atomic E-state index is 6.21. The monoisotopic (exact) mass is 294 g/mol. The molecular formula is C20H26N2. The quantitative estimate of drug-likeness (QED) is 0.763. The molecule has 0 fully saturated rings. The standard InChI is InChI=1S/C20H26N2/c1-12-6-9-17(22)13(2)18(12)20(5)11-19(3,4)16-10-14(21)7-8-15(16)20/h6-10H,11,21-22H2,1-5H3. The van der Waals surface area contributed by atoms with E-state index in [1.165, 1.54) is 27.8 Å². The average molecular weight is 294 g/mol. The van der Waals surface area contributed by atoms with Crippen molar-refractivity contribution in [3.05, 3.63) is 58.1 Å². The van der Waals surface area contributed by atoms with Gasteiger partial charge in [-0.3, -0.25) is 0 Å². The lowest BCUT2D eigenvalue weighted by molar-refractivity contribution is 0.423. The van der Waals surface area contributed by atoms with E-state index < -0.39 is 0 Å². The van der Waals surface area contributed by atoms with Crippen LogP contribution in [0.4, 0.5) is 11.4 Å². The number of nitrogens with two attached hydrogens (primary N) is 2. The minimum Gasteiger partial charge on any atom is -0.399 e. The minimum atomic E-state index is -0.0178. The molecule has 4 N–H and O–H groups in total. The van der Waals surface area contributed by atoms with Crippen LogP contribution in [0.2, 0.25) is 0 Å². The molecule has 0 bridgehead atoms. The summed E-state index contributed by atoms with van der Waals surface area (Å²) in [7, 11) is 0. The van der Waals surface area contributed by atoms with E-state index in [1.807, 2.05) is 12.1 Å². The topological polar surface area (TPSA) is 52.0 Å². The third-order valence-electron chi connectivity index (χ3n) is 5.43. The molecule has 1 atom stereocenters. The summed E-state index contributed by atoms with van der Waals surface area (Å²) in [6.07, 6.45) is 1.07. The lowest BCUT2D eigenvalue weighted by Crippen LogP contribution is -2.26. The second-order valence-electron chi connectivity index (χ2n) is 7.67. The maximum Gasteiger partial charge on any atom is 0.0347 e. The molecule has 1 unspecified atom stereocenters. The Labute approximate surface area is 133 Å². The van der Waals surface area contributed by atoms with Gasteiger partial charge in [-0.2, -0.15) is 0 Å². The van der Waals surface area contributed by atoms with Crippen molar-refractivity contribution in [1.82, 2.24) is 0 Å². The van der Waals surface area contributed by atoms with Crippen LogP contribution < -0.4 is 11.5 Å². The van der Waals surface area contributed by atoms with Gasteiger partial charge >= 0.3 is 0 Å². The zero-order valence-electron chi connectivity index (χ0n) is 14.2. The molecule has 2 nitrogen and oxygen atoms in total. The third-order valence-corrected chi connectivity index (χ3v) is 5.43. The maximum atomic E-state index is 6.21. The number of benzene rings is 2. The van der Waals surface area contributed by atoms with Crippen LogP contribution in [-0.2, 0) is 10.8 Å². The van der Waals surface area contributed by atoms with Gasteiger partial charge in [-0.15, -0.1) is 0 Å². The highest BCUT2D eigenvalue weighted by atomic mass is 14.6. The molecule has 0 spiro atoms. The predicted molar refractivity (Wildman–Crippen MR) is 95.3 cm³/mol. The first-order valence-corrected chi connectivity index (χ1v) is 7.93. The lowest BCUT2D eigenvalue weighted by Gasteiger charge is -2.32. The Morgan fingerprint density at radius 1 is 0.909 bits per heavy atom. The first-order valence-electron chi connectivity index (χ1n) is 7.93. The molecular weight excluding hydrogens is 268 g/mol. The molecule has 0 saturated carbocycles. The summed E-state index contributed by atoms with van der Waals surface area (Å²) >= 11 is 0. The molecule has 2 aromatic rings. The van der Waals surface area contributed by atoms with E-state index in [2.05, 4.69) is 52.8 Å². The van der Waals surface area contributed by atoms with Gasteiger partial charge in [0.15, 0.2) is 0 Å². The van der Waals surface area contributed by atoms with E-state index in [1.54, 1.807) is 0 Å². The normalized spacial score (nSPS) is 22.6. The van der Waals surface area contributed by atoms with Crippen molar-refractivity contribution >= 4 is 11.4 Å². The highest BCUT2D eigenvalue weighted by Gasteiger charge is 2.46. The van der Waals surface area contributed by atoms with E-state index >= 15 is 0 Å². The van der Waals surface area contributed by atoms with Crippen LogP contribution in [0.1, 0.15) is 55.0 Å². The molecule has 22 heavy (non-hydrogen) atoms. The average Bonchev–Trinajstić information content (AvgIpc) is 2.62. The molecule has 0 heterocycles. The summed E-state index contributed by atoms with van der Waals surface area (Å²) in [6.45, 7) is 11.3. The van der Waals surface area contributed by atoms with Crippen LogP contribution in [0, 0.1) is 13.8 Å². The molecule has 1 aliphatic rings.